The van der Waals surface area contributed by atoms with Gasteiger partial charge in [-0.1, -0.05) is 109 Å². The van der Waals surface area contributed by atoms with Crippen LogP contribution in [-0.4, -0.2) is 4.57 Å². The number of nitrogens with zero attached hydrogens (tertiary/aromatic N) is 1. The molecule has 0 spiro atoms. The van der Waals surface area contributed by atoms with Crippen molar-refractivity contribution in [3.63, 3.8) is 0 Å². The number of para-hydroxylation sites is 2. The van der Waals surface area contributed by atoms with Crippen molar-refractivity contribution in [2.45, 2.75) is 12.3 Å². The lowest BCUT2D eigenvalue weighted by Crippen LogP contribution is -2.12. The van der Waals surface area contributed by atoms with E-state index < -0.39 is 0 Å². The molecule has 184 valence electrons. The maximum atomic E-state index is 2.42. The Morgan fingerprint density at radius 2 is 1.15 bits per heavy atom. The van der Waals surface area contributed by atoms with Crippen LogP contribution in [0.5, 0.6) is 0 Å². The fraction of sp³-hybridized carbons (Fsp3) is 0.0526. The molecule has 0 N–H and O–H groups in total. The third-order valence-electron chi connectivity index (χ3n) is 8.38. The van der Waals surface area contributed by atoms with E-state index in [1.165, 1.54) is 66.4 Å². The normalized spacial score (nSPS) is 14.3. The van der Waals surface area contributed by atoms with Gasteiger partial charge in [-0.3, -0.25) is 0 Å². The van der Waals surface area contributed by atoms with E-state index in [1.54, 1.807) is 0 Å². The molecule has 0 fully saturated rings. The first-order valence-corrected chi connectivity index (χ1v) is 13.7. The van der Waals surface area contributed by atoms with Crippen LogP contribution in [0.15, 0.2) is 146 Å². The summed E-state index contributed by atoms with van der Waals surface area (Å²) in [6, 6.07) is 53.4. The van der Waals surface area contributed by atoms with E-state index in [1.807, 2.05) is 0 Å². The first kappa shape index (κ1) is 22.1. The Morgan fingerprint density at radius 3 is 2.03 bits per heavy atom. The van der Waals surface area contributed by atoms with Gasteiger partial charge in [0.25, 0.3) is 0 Å². The van der Waals surface area contributed by atoms with Gasteiger partial charge in [0.2, 0.25) is 0 Å². The first-order chi connectivity index (χ1) is 19.3. The molecule has 1 aliphatic carbocycles. The number of fused-ring (bicyclic) bond motifs is 6. The van der Waals surface area contributed by atoms with Gasteiger partial charge >= 0.3 is 0 Å². The van der Waals surface area contributed by atoms with Crippen LogP contribution in [0, 0.1) is 0 Å². The summed E-state index contributed by atoms with van der Waals surface area (Å²) >= 11 is 0. The summed E-state index contributed by atoms with van der Waals surface area (Å²) in [5, 5.41) is 2.57. The molecule has 1 heterocycles. The molecule has 1 aliphatic rings. The maximum absolute atomic E-state index is 2.42. The predicted octanol–water partition coefficient (Wildman–Crippen LogP) is 9.81. The summed E-state index contributed by atoms with van der Waals surface area (Å²) in [5.74, 6) is 0.372. The van der Waals surface area contributed by atoms with Crippen LogP contribution in [-0.2, 0) is 6.42 Å². The molecule has 0 saturated carbocycles. The molecule has 6 aromatic carbocycles. The van der Waals surface area contributed by atoms with E-state index >= 15 is 0 Å². The van der Waals surface area contributed by atoms with Gasteiger partial charge in [0.05, 0.1) is 11.0 Å². The van der Waals surface area contributed by atoms with Gasteiger partial charge in [0, 0.05) is 22.4 Å². The van der Waals surface area contributed by atoms with E-state index in [9.17, 15) is 0 Å². The molecule has 0 aliphatic heterocycles. The van der Waals surface area contributed by atoms with E-state index in [4.69, 9.17) is 0 Å². The van der Waals surface area contributed by atoms with Crippen LogP contribution in [0.2, 0.25) is 0 Å². The molecule has 1 nitrogen and oxygen atoms in total. The van der Waals surface area contributed by atoms with E-state index in [0.29, 0.717) is 5.92 Å². The number of aromatic nitrogens is 1. The van der Waals surface area contributed by atoms with Crippen molar-refractivity contribution in [2.75, 3.05) is 0 Å². The fourth-order valence-electron chi connectivity index (χ4n) is 6.55. The molecule has 7 aromatic rings. The Morgan fingerprint density at radius 1 is 0.487 bits per heavy atom. The third-order valence-corrected chi connectivity index (χ3v) is 8.38. The zero-order chi connectivity index (χ0) is 25.8. The molecule has 0 saturated heterocycles. The van der Waals surface area contributed by atoms with Gasteiger partial charge in [-0.05, 0) is 81.8 Å². The smallest absolute Gasteiger partial charge is 0.0541 e. The molecule has 0 amide bonds. The second kappa shape index (κ2) is 8.85. The zero-order valence-corrected chi connectivity index (χ0v) is 21.6. The highest BCUT2D eigenvalue weighted by Crippen LogP contribution is 2.44. The van der Waals surface area contributed by atoms with Gasteiger partial charge in [-0.25, -0.2) is 0 Å². The van der Waals surface area contributed by atoms with Crippen molar-refractivity contribution < 1.29 is 0 Å². The monoisotopic (exact) mass is 497 g/mol. The standard InChI is InChI=1S/C38H27N/c1-3-11-26(12-4-1)34-25-29-13-7-8-16-31(29)35-23-27(19-21-32(34)35)28-20-22-38-36(24-28)33-17-9-10-18-37(33)39(38)30-14-5-2-6-15-30/h1-24,34H,25H2. The van der Waals surface area contributed by atoms with Gasteiger partial charge in [-0.2, -0.15) is 0 Å². The highest BCUT2D eigenvalue weighted by atomic mass is 15.0. The fourth-order valence-corrected chi connectivity index (χ4v) is 6.55. The molecule has 0 radical (unpaired) electrons. The largest absolute Gasteiger partial charge is 0.309 e. The highest BCUT2D eigenvalue weighted by molar-refractivity contribution is 6.10. The minimum absolute atomic E-state index is 0.372. The van der Waals surface area contributed by atoms with Gasteiger partial charge in [-0.15, -0.1) is 0 Å². The summed E-state index contributed by atoms with van der Waals surface area (Å²) in [4.78, 5) is 0. The van der Waals surface area contributed by atoms with Gasteiger partial charge in [0.1, 0.15) is 0 Å². The summed E-state index contributed by atoms with van der Waals surface area (Å²) in [7, 11) is 0. The quantitative estimate of drug-likeness (QED) is 0.229. The zero-order valence-electron chi connectivity index (χ0n) is 21.6. The van der Waals surface area contributed by atoms with Crippen molar-refractivity contribution in [1.82, 2.24) is 4.57 Å². The van der Waals surface area contributed by atoms with E-state index in [0.717, 1.165) is 6.42 Å². The number of hydrogen-bond acceptors (Lipinski definition) is 0. The molecule has 1 heteroatoms. The van der Waals surface area contributed by atoms with E-state index in [-0.39, 0.29) is 0 Å². The Balaban J connectivity index is 1.32. The highest BCUT2D eigenvalue weighted by Gasteiger charge is 2.26. The number of rotatable bonds is 3. The predicted molar refractivity (Wildman–Crippen MR) is 164 cm³/mol. The Hall–Kier alpha value is -4.88. The number of benzene rings is 6. The Labute approximate surface area is 228 Å². The lowest BCUT2D eigenvalue weighted by Gasteiger charge is -2.29. The van der Waals surface area contributed by atoms with E-state index in [2.05, 4.69) is 150 Å². The van der Waals surface area contributed by atoms with Crippen molar-refractivity contribution >= 4 is 21.8 Å². The molecule has 0 bridgehead atoms. The molecule has 1 unspecified atom stereocenters. The van der Waals surface area contributed by atoms with Crippen LogP contribution in [0.4, 0.5) is 0 Å². The Bertz CT molecular complexity index is 1980. The maximum Gasteiger partial charge on any atom is 0.0541 e. The summed E-state index contributed by atoms with van der Waals surface area (Å²) in [6.07, 6.45) is 1.04. The summed E-state index contributed by atoms with van der Waals surface area (Å²) < 4.78 is 2.38. The van der Waals surface area contributed by atoms with Crippen LogP contribution in [0.1, 0.15) is 22.6 Å². The minimum atomic E-state index is 0.372. The molecule has 1 aromatic heterocycles. The van der Waals surface area contributed by atoms with Crippen molar-refractivity contribution in [1.29, 1.82) is 0 Å². The van der Waals surface area contributed by atoms with Crippen molar-refractivity contribution in [2.24, 2.45) is 0 Å². The lowest BCUT2D eigenvalue weighted by molar-refractivity contribution is 0.794. The molecule has 8 rings (SSSR count). The first-order valence-electron chi connectivity index (χ1n) is 13.7. The summed E-state index contributed by atoms with van der Waals surface area (Å²) in [5.41, 5.74) is 13.1. The summed E-state index contributed by atoms with van der Waals surface area (Å²) in [6.45, 7) is 0. The topological polar surface area (TPSA) is 4.93 Å². The second-order valence-electron chi connectivity index (χ2n) is 10.5. The molecular formula is C38H27N. The minimum Gasteiger partial charge on any atom is -0.309 e. The number of hydrogen-bond donors (Lipinski definition) is 0. The Kier molecular flexibility index (Phi) is 5.03. The average molecular weight is 498 g/mol. The van der Waals surface area contributed by atoms with Crippen molar-refractivity contribution in [3.05, 3.63) is 162 Å². The lowest BCUT2D eigenvalue weighted by atomic mass is 9.75. The van der Waals surface area contributed by atoms with Gasteiger partial charge in [0.15, 0.2) is 0 Å². The third kappa shape index (κ3) is 3.55. The van der Waals surface area contributed by atoms with Crippen LogP contribution < -0.4 is 0 Å². The van der Waals surface area contributed by atoms with Crippen molar-refractivity contribution in [3.8, 4) is 27.9 Å². The van der Waals surface area contributed by atoms with Crippen LogP contribution in [0.25, 0.3) is 49.7 Å². The van der Waals surface area contributed by atoms with Gasteiger partial charge < -0.3 is 4.57 Å². The van der Waals surface area contributed by atoms with Crippen LogP contribution in [0.3, 0.4) is 0 Å². The van der Waals surface area contributed by atoms with Crippen LogP contribution >= 0.6 is 0 Å². The average Bonchev–Trinajstić information content (AvgIpc) is 3.35. The molecular weight excluding hydrogens is 470 g/mol. The SMILES string of the molecule is c1ccc(C2Cc3ccccc3-c3cc(-c4ccc5c(c4)c4ccccc4n5-c4ccccc4)ccc32)cc1. The molecule has 39 heavy (non-hydrogen) atoms. The second-order valence-corrected chi connectivity index (χ2v) is 10.5. The molecule has 1 atom stereocenters.